The lowest BCUT2D eigenvalue weighted by atomic mass is 9.75. The van der Waals surface area contributed by atoms with Gasteiger partial charge in [-0.2, -0.15) is 0 Å². The lowest BCUT2D eigenvalue weighted by Gasteiger charge is -2.36. The van der Waals surface area contributed by atoms with Gasteiger partial charge < -0.3 is 5.32 Å². The first-order valence-corrected chi connectivity index (χ1v) is 4.85. The number of halogens is 2. The Balaban J connectivity index is 0.00000392. The zero-order valence-electron chi connectivity index (χ0n) is 19.5. The summed E-state index contributed by atoms with van der Waals surface area (Å²) in [5, 5.41) is 1.46. The molecule has 1 aromatic carbocycles. The molecule has 2 rings (SSSR count). The SMILES string of the molecule is Cl.[2H]C([2H])([2H])NC1(c2ccccc2Cl)C(=O)C([2H])([2H])C([2H])([2H])C([2H])([2H])C1([2H])[2H]. The first kappa shape index (κ1) is 5.20. The summed E-state index contributed by atoms with van der Waals surface area (Å²) in [7, 11) is 0. The maximum atomic E-state index is 13.1. The maximum Gasteiger partial charge on any atom is 0.157 e. The number of carbonyl (C=O) groups excluding carboxylic acids is 1. The summed E-state index contributed by atoms with van der Waals surface area (Å²) in [5.41, 5.74) is -3.61. The van der Waals surface area contributed by atoms with Crippen LogP contribution in [0.4, 0.5) is 0 Å². The topological polar surface area (TPSA) is 29.1 Å². The van der Waals surface area contributed by atoms with E-state index in [1.165, 1.54) is 18.2 Å². The summed E-state index contributed by atoms with van der Waals surface area (Å²) in [6, 6.07) is 4.98. The van der Waals surface area contributed by atoms with E-state index in [1.54, 1.807) is 5.32 Å². The van der Waals surface area contributed by atoms with Crippen molar-refractivity contribution in [2.75, 3.05) is 6.98 Å². The van der Waals surface area contributed by atoms with Gasteiger partial charge in [0.1, 0.15) is 5.54 Å². The molecule has 17 heavy (non-hydrogen) atoms. The zero-order chi connectivity index (χ0) is 21.3. The Morgan fingerprint density at radius 1 is 1.47 bits per heavy atom. The van der Waals surface area contributed by atoms with E-state index in [4.69, 9.17) is 26.7 Å². The summed E-state index contributed by atoms with van der Waals surface area (Å²) in [4.78, 5) is 13.1. The Kier molecular flexibility index (Phi) is 1.79. The largest absolute Gasteiger partial charge is 0.304 e. The van der Waals surface area contributed by atoms with Gasteiger partial charge >= 0.3 is 0 Å². The fraction of sp³-hybridized carbons (Fsp3) is 0.462. The number of benzene rings is 1. The molecule has 1 aliphatic rings. The van der Waals surface area contributed by atoms with Crippen molar-refractivity contribution < 1.29 is 19.9 Å². The van der Waals surface area contributed by atoms with Crippen LogP contribution in [0.25, 0.3) is 0 Å². The molecular weight excluding hydrogens is 257 g/mol. The van der Waals surface area contributed by atoms with Gasteiger partial charge in [-0.3, -0.25) is 4.79 Å². The molecule has 0 radical (unpaired) electrons. The predicted octanol–water partition coefficient (Wildman–Crippen LogP) is 3.32. The highest BCUT2D eigenvalue weighted by atomic mass is 35.5. The second kappa shape index (κ2) is 5.85. The number of carbonyl (C=O) groups is 1. The van der Waals surface area contributed by atoms with Crippen LogP contribution in [0.5, 0.6) is 0 Å². The molecule has 0 bridgehead atoms. The van der Waals surface area contributed by atoms with Gasteiger partial charge in [0.15, 0.2) is 5.78 Å². The quantitative estimate of drug-likeness (QED) is 0.903. The second-order valence-corrected chi connectivity index (χ2v) is 3.59. The fourth-order valence-corrected chi connectivity index (χ4v) is 1.75. The van der Waals surface area contributed by atoms with Gasteiger partial charge in [-0.05, 0) is 31.4 Å². The molecule has 0 amide bonds. The molecule has 0 aliphatic heterocycles. The zero-order valence-corrected chi connectivity index (χ0v) is 10.1. The Bertz CT molecular complexity index is 780. The maximum absolute atomic E-state index is 13.1. The molecule has 0 aromatic heterocycles. The smallest absolute Gasteiger partial charge is 0.157 e. The van der Waals surface area contributed by atoms with Crippen molar-refractivity contribution in [1.82, 2.24) is 5.32 Å². The minimum atomic E-state index is -3.62. The summed E-state index contributed by atoms with van der Waals surface area (Å²) in [5.74, 6) is -1.80. The van der Waals surface area contributed by atoms with Gasteiger partial charge in [-0.25, -0.2) is 0 Å². The van der Waals surface area contributed by atoms with Crippen LogP contribution in [0, 0.1) is 0 Å². The molecule has 1 aromatic rings. The number of hydrogen-bond donors (Lipinski definition) is 1. The summed E-state index contributed by atoms with van der Waals surface area (Å²) >= 11 is 6.04. The van der Waals surface area contributed by atoms with Crippen molar-refractivity contribution >= 4 is 29.8 Å². The van der Waals surface area contributed by atoms with Crippen LogP contribution >= 0.6 is 24.0 Å². The predicted molar refractivity (Wildman–Crippen MR) is 72.9 cm³/mol. The number of nitrogens with one attached hydrogen (secondary N) is 1. The van der Waals surface area contributed by atoms with Gasteiger partial charge in [-0.1, -0.05) is 36.2 Å². The standard InChI is InChI=1S/C13H16ClNO.ClH/c1-15-13(9-5-4-8-12(13)16)10-6-2-3-7-11(10)14;/h2-3,6-7,15H,4-5,8-9H2,1H3;1H/i1D3,4D2,5D2,8D2,9D2;. The molecule has 1 N–H and O–H groups in total. The van der Waals surface area contributed by atoms with Crippen molar-refractivity contribution in [2.45, 2.75) is 31.0 Å². The highest BCUT2D eigenvalue weighted by Gasteiger charge is 2.40. The third-order valence-electron chi connectivity index (χ3n) is 2.29. The number of hydrogen-bond acceptors (Lipinski definition) is 2. The lowest BCUT2D eigenvalue weighted by Crippen LogP contribution is -2.49. The molecule has 1 atom stereocenters. The number of ketones is 1. The van der Waals surface area contributed by atoms with Gasteiger partial charge in [-0.15, -0.1) is 12.4 Å². The van der Waals surface area contributed by atoms with E-state index < -0.39 is 49.4 Å². The molecule has 0 saturated heterocycles. The van der Waals surface area contributed by atoms with Crippen LogP contribution in [0.2, 0.25) is 5.02 Å². The van der Waals surface area contributed by atoms with Crippen LogP contribution in [-0.4, -0.2) is 12.8 Å². The minimum Gasteiger partial charge on any atom is -0.304 e. The molecular formula is C13H17Cl2NO. The Hall–Kier alpha value is -0.570. The van der Waals surface area contributed by atoms with Crippen LogP contribution in [0.1, 0.15) is 46.1 Å². The average molecular weight is 285 g/mol. The van der Waals surface area contributed by atoms with Gasteiger partial charge in [0.05, 0.1) is 0 Å². The van der Waals surface area contributed by atoms with Crippen LogP contribution in [-0.2, 0) is 10.3 Å². The third kappa shape index (κ3) is 2.49. The van der Waals surface area contributed by atoms with E-state index in [9.17, 15) is 4.79 Å². The first-order valence-electron chi connectivity index (χ1n) is 9.97. The van der Waals surface area contributed by atoms with Crippen molar-refractivity contribution in [2.24, 2.45) is 0 Å². The van der Waals surface area contributed by atoms with E-state index in [0.717, 1.165) is 6.07 Å². The molecule has 94 valence electrons. The molecule has 2 nitrogen and oxygen atoms in total. The highest BCUT2D eigenvalue weighted by Crippen LogP contribution is 2.37. The van der Waals surface area contributed by atoms with Gasteiger partial charge in [0.25, 0.3) is 0 Å². The Morgan fingerprint density at radius 2 is 2.24 bits per heavy atom. The van der Waals surface area contributed by atoms with E-state index in [1.807, 2.05) is 0 Å². The van der Waals surface area contributed by atoms with Gasteiger partial charge in [0, 0.05) is 26.5 Å². The minimum absolute atomic E-state index is 0. The first-order chi connectivity index (χ1) is 11.9. The van der Waals surface area contributed by atoms with Crippen LogP contribution in [0.15, 0.2) is 24.3 Å². The summed E-state index contributed by atoms with van der Waals surface area (Å²) in [6.07, 6.45) is -14.3. The summed E-state index contributed by atoms with van der Waals surface area (Å²) < 4.78 is 86.5. The molecule has 1 aliphatic carbocycles. The normalized spacial score (nSPS) is 46.4. The number of likely N-dealkylation sites (N-methyl/N-ethyl adjacent to an activating group) is 1. The number of Topliss-reactive ketones (excluding diaryl/α,β-unsaturated/α-hetero) is 1. The van der Waals surface area contributed by atoms with E-state index in [-0.39, 0.29) is 17.4 Å². The van der Waals surface area contributed by atoms with Gasteiger partial charge in [0.2, 0.25) is 0 Å². The fourth-order valence-electron chi connectivity index (χ4n) is 1.47. The molecule has 1 fully saturated rings. The summed E-state index contributed by atoms with van der Waals surface area (Å²) in [6.45, 7) is -3.21. The van der Waals surface area contributed by atoms with Crippen molar-refractivity contribution in [3.63, 3.8) is 0 Å². The molecule has 4 heteroatoms. The lowest BCUT2D eigenvalue weighted by molar-refractivity contribution is -0.127. The Labute approximate surface area is 129 Å². The molecule has 0 heterocycles. The molecule has 1 saturated carbocycles. The molecule has 1 unspecified atom stereocenters. The average Bonchev–Trinajstić information content (AvgIpc) is 2.50. The third-order valence-corrected chi connectivity index (χ3v) is 2.62. The van der Waals surface area contributed by atoms with E-state index >= 15 is 0 Å². The highest BCUT2D eigenvalue weighted by molar-refractivity contribution is 6.31. The van der Waals surface area contributed by atoms with E-state index in [0.29, 0.717) is 0 Å². The van der Waals surface area contributed by atoms with Crippen molar-refractivity contribution in [1.29, 1.82) is 0 Å². The van der Waals surface area contributed by atoms with Crippen molar-refractivity contribution in [3.05, 3.63) is 34.9 Å². The van der Waals surface area contributed by atoms with Crippen molar-refractivity contribution in [3.8, 4) is 0 Å². The monoisotopic (exact) mass is 284 g/mol. The Morgan fingerprint density at radius 3 is 2.94 bits per heavy atom. The van der Waals surface area contributed by atoms with Crippen LogP contribution in [0.3, 0.4) is 0 Å². The number of rotatable bonds is 2. The van der Waals surface area contributed by atoms with Crippen LogP contribution < -0.4 is 5.32 Å². The second-order valence-electron chi connectivity index (χ2n) is 3.18. The molecule has 0 spiro atoms. The van der Waals surface area contributed by atoms with E-state index in [2.05, 4.69) is 0 Å².